The van der Waals surface area contributed by atoms with E-state index >= 15 is 0 Å². The van der Waals surface area contributed by atoms with E-state index in [4.69, 9.17) is 16.3 Å². The lowest BCUT2D eigenvalue weighted by atomic mass is 10.0. The maximum Gasteiger partial charge on any atom is 0.151 e. The average Bonchev–Trinajstić information content (AvgIpc) is 2.72. The Kier molecular flexibility index (Phi) is 3.84. The summed E-state index contributed by atoms with van der Waals surface area (Å²) in [5, 5.41) is 0.702. The molecule has 0 saturated heterocycles. The molecule has 0 aromatic heterocycles. The molecule has 0 spiro atoms. The van der Waals surface area contributed by atoms with Gasteiger partial charge >= 0.3 is 0 Å². The van der Waals surface area contributed by atoms with Crippen LogP contribution in [0.5, 0.6) is 11.5 Å². The van der Waals surface area contributed by atoms with Gasteiger partial charge in [0.05, 0.1) is 11.4 Å². The van der Waals surface area contributed by atoms with Crippen LogP contribution < -0.4 is 9.64 Å². The highest BCUT2D eigenvalue weighted by Crippen LogP contribution is 2.50. The molecule has 4 aromatic rings. The minimum Gasteiger partial charge on any atom is -0.453 e. The normalized spacial score (nSPS) is 12.1. The van der Waals surface area contributed by atoms with Crippen molar-refractivity contribution >= 4 is 28.7 Å². The van der Waals surface area contributed by atoms with Crippen LogP contribution in [0.15, 0.2) is 97.1 Å². The monoisotopic (exact) mass is 369 g/mol. The number of halogens is 1. The zero-order valence-corrected chi connectivity index (χ0v) is 15.2. The molecule has 0 aliphatic carbocycles. The van der Waals surface area contributed by atoms with Crippen LogP contribution in [0.4, 0.5) is 17.1 Å². The number of fused-ring (bicyclic) bond motifs is 2. The van der Waals surface area contributed by atoms with Gasteiger partial charge in [-0.2, -0.15) is 0 Å². The first-order chi connectivity index (χ1) is 13.3. The quantitative estimate of drug-likeness (QED) is 0.318. The molecule has 1 heterocycles. The SMILES string of the molecule is Clc1cc(-c2ccccc2)cc(N2c3ccccc3Oc3ccccc32)c1. The first-order valence-electron chi connectivity index (χ1n) is 8.82. The summed E-state index contributed by atoms with van der Waals surface area (Å²) in [7, 11) is 0. The molecule has 0 radical (unpaired) electrons. The number of benzene rings is 4. The van der Waals surface area contributed by atoms with E-state index in [1.807, 2.05) is 66.7 Å². The summed E-state index contributed by atoms with van der Waals surface area (Å²) in [4.78, 5) is 2.20. The van der Waals surface area contributed by atoms with Gasteiger partial charge in [0.1, 0.15) is 0 Å². The van der Waals surface area contributed by atoms with Crippen LogP contribution in [0.2, 0.25) is 5.02 Å². The van der Waals surface area contributed by atoms with Gasteiger partial charge in [-0.3, -0.25) is 0 Å². The minimum absolute atomic E-state index is 0.702. The molecular weight excluding hydrogens is 354 g/mol. The first kappa shape index (κ1) is 16.0. The molecule has 130 valence electrons. The fourth-order valence-corrected chi connectivity index (χ4v) is 3.71. The van der Waals surface area contributed by atoms with Crippen LogP contribution in [0.25, 0.3) is 11.1 Å². The molecule has 0 unspecified atom stereocenters. The summed E-state index contributed by atoms with van der Waals surface area (Å²) in [5.74, 6) is 1.66. The van der Waals surface area contributed by atoms with Crippen molar-refractivity contribution in [1.29, 1.82) is 0 Å². The largest absolute Gasteiger partial charge is 0.453 e. The van der Waals surface area contributed by atoms with Crippen LogP contribution in [0.3, 0.4) is 0 Å². The number of hydrogen-bond acceptors (Lipinski definition) is 2. The van der Waals surface area contributed by atoms with Crippen molar-refractivity contribution in [2.45, 2.75) is 0 Å². The molecule has 0 saturated carbocycles. The standard InChI is InChI=1S/C24H16ClNO/c25-19-14-18(17-8-2-1-3-9-17)15-20(16-19)26-21-10-4-6-12-23(21)27-24-13-7-5-11-22(24)26/h1-16H. The molecule has 5 rings (SSSR count). The number of para-hydroxylation sites is 4. The van der Waals surface area contributed by atoms with Gasteiger partial charge in [0.15, 0.2) is 11.5 Å². The second-order valence-electron chi connectivity index (χ2n) is 6.44. The van der Waals surface area contributed by atoms with Gasteiger partial charge in [0, 0.05) is 10.7 Å². The first-order valence-corrected chi connectivity index (χ1v) is 9.19. The molecule has 0 bridgehead atoms. The Bertz CT molecular complexity index is 1080. The highest BCUT2D eigenvalue weighted by molar-refractivity contribution is 6.31. The van der Waals surface area contributed by atoms with E-state index in [9.17, 15) is 0 Å². The van der Waals surface area contributed by atoms with Gasteiger partial charge in [0.2, 0.25) is 0 Å². The van der Waals surface area contributed by atoms with E-state index < -0.39 is 0 Å². The Morgan fingerprint density at radius 3 is 1.85 bits per heavy atom. The predicted molar refractivity (Wildman–Crippen MR) is 112 cm³/mol. The van der Waals surface area contributed by atoms with Crippen molar-refractivity contribution < 1.29 is 4.74 Å². The molecule has 0 fully saturated rings. The fraction of sp³-hybridized carbons (Fsp3) is 0. The van der Waals surface area contributed by atoms with Gasteiger partial charge in [-0.1, -0.05) is 66.2 Å². The van der Waals surface area contributed by atoms with Crippen LogP contribution in [0, 0.1) is 0 Å². The molecule has 3 heteroatoms. The maximum absolute atomic E-state index is 6.52. The molecule has 2 nitrogen and oxygen atoms in total. The number of nitrogens with zero attached hydrogens (tertiary/aromatic N) is 1. The zero-order valence-electron chi connectivity index (χ0n) is 14.5. The Labute approximate surface area is 163 Å². The van der Waals surface area contributed by atoms with Gasteiger partial charge < -0.3 is 9.64 Å². The van der Waals surface area contributed by atoms with Crippen LogP contribution in [-0.2, 0) is 0 Å². The number of hydrogen-bond donors (Lipinski definition) is 0. The lowest BCUT2D eigenvalue weighted by molar-refractivity contribution is 0.477. The number of rotatable bonds is 2. The molecular formula is C24H16ClNO. The van der Waals surface area contributed by atoms with Crippen molar-refractivity contribution in [2.75, 3.05) is 4.90 Å². The van der Waals surface area contributed by atoms with Crippen molar-refractivity contribution in [3.8, 4) is 22.6 Å². The van der Waals surface area contributed by atoms with E-state index in [1.54, 1.807) is 0 Å². The fourth-order valence-electron chi connectivity index (χ4n) is 3.48. The summed E-state index contributed by atoms with van der Waals surface area (Å²) in [6.45, 7) is 0. The smallest absolute Gasteiger partial charge is 0.151 e. The topological polar surface area (TPSA) is 12.5 Å². The Morgan fingerprint density at radius 2 is 1.19 bits per heavy atom. The Hall–Kier alpha value is -3.23. The number of anilines is 3. The Balaban J connectivity index is 1.73. The van der Waals surface area contributed by atoms with Crippen LogP contribution in [-0.4, -0.2) is 0 Å². The van der Waals surface area contributed by atoms with E-state index in [0.717, 1.165) is 39.7 Å². The summed E-state index contributed by atoms with van der Waals surface area (Å²) in [5.41, 5.74) is 5.22. The van der Waals surface area contributed by atoms with Crippen molar-refractivity contribution in [3.05, 3.63) is 102 Å². The Morgan fingerprint density at radius 1 is 0.593 bits per heavy atom. The van der Waals surface area contributed by atoms with E-state index in [1.165, 1.54) is 0 Å². The second-order valence-corrected chi connectivity index (χ2v) is 6.87. The summed E-state index contributed by atoms with van der Waals surface area (Å²) >= 11 is 6.52. The number of ether oxygens (including phenoxy) is 1. The predicted octanol–water partition coefficient (Wildman–Crippen LogP) is 7.58. The van der Waals surface area contributed by atoms with Crippen molar-refractivity contribution in [3.63, 3.8) is 0 Å². The third kappa shape index (κ3) is 2.84. The van der Waals surface area contributed by atoms with Crippen molar-refractivity contribution in [2.24, 2.45) is 0 Å². The van der Waals surface area contributed by atoms with E-state index in [-0.39, 0.29) is 0 Å². The molecule has 27 heavy (non-hydrogen) atoms. The van der Waals surface area contributed by atoms with E-state index in [2.05, 4.69) is 35.2 Å². The van der Waals surface area contributed by atoms with Gasteiger partial charge in [-0.05, 0) is 53.6 Å². The van der Waals surface area contributed by atoms with Gasteiger partial charge in [-0.25, -0.2) is 0 Å². The van der Waals surface area contributed by atoms with E-state index in [0.29, 0.717) is 5.02 Å². The summed E-state index contributed by atoms with van der Waals surface area (Å²) in [6.07, 6.45) is 0. The summed E-state index contributed by atoms with van der Waals surface area (Å²) in [6, 6.07) is 32.5. The van der Waals surface area contributed by atoms with Crippen molar-refractivity contribution in [1.82, 2.24) is 0 Å². The van der Waals surface area contributed by atoms with Crippen LogP contribution >= 0.6 is 11.6 Å². The average molecular weight is 370 g/mol. The second kappa shape index (κ2) is 6.49. The summed E-state index contributed by atoms with van der Waals surface area (Å²) < 4.78 is 6.10. The molecule has 4 aromatic carbocycles. The van der Waals surface area contributed by atoms with Gasteiger partial charge in [-0.15, -0.1) is 0 Å². The highest BCUT2D eigenvalue weighted by Gasteiger charge is 2.25. The maximum atomic E-state index is 6.52. The third-order valence-electron chi connectivity index (χ3n) is 4.68. The molecule has 0 amide bonds. The molecule has 1 aliphatic rings. The van der Waals surface area contributed by atoms with Crippen LogP contribution in [0.1, 0.15) is 0 Å². The molecule has 1 aliphatic heterocycles. The minimum atomic E-state index is 0.702. The highest BCUT2D eigenvalue weighted by atomic mass is 35.5. The zero-order chi connectivity index (χ0) is 18.2. The molecule has 0 N–H and O–H groups in total. The molecule has 0 atom stereocenters. The third-order valence-corrected chi connectivity index (χ3v) is 4.90. The lowest BCUT2D eigenvalue weighted by Crippen LogP contribution is -2.15. The van der Waals surface area contributed by atoms with Gasteiger partial charge in [0.25, 0.3) is 0 Å². The lowest BCUT2D eigenvalue weighted by Gasteiger charge is -2.33.